The Balaban J connectivity index is 1.73. The van der Waals surface area contributed by atoms with Crippen LogP contribution in [0.1, 0.15) is 40.5 Å². The van der Waals surface area contributed by atoms with Gasteiger partial charge < -0.3 is 15.0 Å². The summed E-state index contributed by atoms with van der Waals surface area (Å²) >= 11 is 0. The summed E-state index contributed by atoms with van der Waals surface area (Å²) in [5, 5.41) is 8.97. The summed E-state index contributed by atoms with van der Waals surface area (Å²) in [5.74, 6) is -1.24. The van der Waals surface area contributed by atoms with Crippen LogP contribution in [0.25, 0.3) is 33.2 Å². The topological polar surface area (TPSA) is 101 Å². The van der Waals surface area contributed by atoms with Crippen molar-refractivity contribution in [1.29, 1.82) is 0 Å². The summed E-state index contributed by atoms with van der Waals surface area (Å²) in [6.07, 6.45) is 3.43. The molecule has 1 aliphatic heterocycles. The number of benzene rings is 2. The predicted molar refractivity (Wildman–Crippen MR) is 139 cm³/mol. The van der Waals surface area contributed by atoms with Crippen LogP contribution >= 0.6 is 0 Å². The average molecular weight is 499 g/mol. The van der Waals surface area contributed by atoms with Crippen molar-refractivity contribution >= 4 is 27.8 Å². The highest BCUT2D eigenvalue weighted by Gasteiger charge is 2.32. The van der Waals surface area contributed by atoms with Crippen molar-refractivity contribution < 1.29 is 13.9 Å². The molecule has 0 radical (unpaired) electrons. The van der Waals surface area contributed by atoms with Gasteiger partial charge in [-0.1, -0.05) is 35.5 Å². The van der Waals surface area contributed by atoms with E-state index in [0.29, 0.717) is 29.6 Å². The van der Waals surface area contributed by atoms with E-state index in [1.807, 2.05) is 42.8 Å². The molecule has 1 unspecified atom stereocenters. The maximum absolute atomic E-state index is 16.2. The highest BCUT2D eigenvalue weighted by atomic mass is 19.1. The molecule has 1 amide bonds. The molecule has 1 fully saturated rings. The lowest BCUT2D eigenvalue weighted by Gasteiger charge is -2.33. The van der Waals surface area contributed by atoms with Gasteiger partial charge >= 0.3 is 0 Å². The Bertz CT molecular complexity index is 1620. The van der Waals surface area contributed by atoms with Crippen LogP contribution in [0.5, 0.6) is 0 Å². The number of nitrogens with zero attached hydrogens (tertiary/aromatic N) is 5. The number of amides is 1. The number of hydrogen-bond acceptors (Lipinski definition) is 5. The SMILES string of the molecule is Cc1nnn(C)c1-c1cnc2c3ccc(C(N)=O)c(F)c3n(C(c3ccccc3)C3CCOCC3)c2c1. The van der Waals surface area contributed by atoms with Gasteiger partial charge in [-0.15, -0.1) is 5.10 Å². The van der Waals surface area contributed by atoms with Crippen molar-refractivity contribution in [2.75, 3.05) is 13.2 Å². The third-order valence-electron chi connectivity index (χ3n) is 7.41. The van der Waals surface area contributed by atoms with Crippen LogP contribution in [0.3, 0.4) is 0 Å². The van der Waals surface area contributed by atoms with Crippen LogP contribution in [0, 0.1) is 18.7 Å². The molecule has 0 aliphatic carbocycles. The zero-order valence-corrected chi connectivity index (χ0v) is 20.7. The van der Waals surface area contributed by atoms with Crippen LogP contribution in [0.2, 0.25) is 0 Å². The molecule has 0 bridgehead atoms. The van der Waals surface area contributed by atoms with Crippen molar-refractivity contribution in [3.05, 3.63) is 77.4 Å². The van der Waals surface area contributed by atoms with E-state index < -0.39 is 11.7 Å². The largest absolute Gasteiger partial charge is 0.381 e. The summed E-state index contributed by atoms with van der Waals surface area (Å²) in [5.41, 5.74) is 10.7. The van der Waals surface area contributed by atoms with Gasteiger partial charge in [-0.2, -0.15) is 0 Å². The van der Waals surface area contributed by atoms with Crippen LogP contribution in [0.15, 0.2) is 54.7 Å². The Hall–Kier alpha value is -4.11. The number of halogens is 1. The van der Waals surface area contributed by atoms with Gasteiger partial charge in [0.25, 0.3) is 5.91 Å². The van der Waals surface area contributed by atoms with Crippen LogP contribution < -0.4 is 5.73 Å². The summed E-state index contributed by atoms with van der Waals surface area (Å²) in [4.78, 5) is 16.9. The monoisotopic (exact) mass is 498 g/mol. The zero-order valence-electron chi connectivity index (χ0n) is 20.7. The van der Waals surface area contributed by atoms with Crippen molar-refractivity contribution in [2.45, 2.75) is 25.8 Å². The third kappa shape index (κ3) is 3.77. The molecule has 188 valence electrons. The van der Waals surface area contributed by atoms with Crippen molar-refractivity contribution in [2.24, 2.45) is 18.7 Å². The molecule has 6 rings (SSSR count). The Labute approximate surface area is 212 Å². The van der Waals surface area contributed by atoms with E-state index in [1.165, 1.54) is 6.07 Å². The molecule has 2 aromatic carbocycles. The van der Waals surface area contributed by atoms with E-state index in [9.17, 15) is 4.79 Å². The van der Waals surface area contributed by atoms with Crippen LogP contribution in [-0.2, 0) is 11.8 Å². The quantitative estimate of drug-likeness (QED) is 0.383. The van der Waals surface area contributed by atoms with E-state index in [1.54, 1.807) is 16.9 Å². The summed E-state index contributed by atoms with van der Waals surface area (Å²) in [6, 6.07) is 15.1. The van der Waals surface area contributed by atoms with Crippen molar-refractivity contribution in [3.8, 4) is 11.3 Å². The maximum Gasteiger partial charge on any atom is 0.251 e. The lowest BCUT2D eigenvalue weighted by Crippen LogP contribution is -2.27. The smallest absolute Gasteiger partial charge is 0.251 e. The summed E-state index contributed by atoms with van der Waals surface area (Å²) in [6.45, 7) is 3.18. The average Bonchev–Trinajstić information content (AvgIpc) is 3.42. The van der Waals surface area contributed by atoms with Gasteiger partial charge in [0.15, 0.2) is 5.82 Å². The number of primary amides is 1. The van der Waals surface area contributed by atoms with Gasteiger partial charge in [-0.05, 0) is 49.4 Å². The molecule has 5 aromatic rings. The van der Waals surface area contributed by atoms with Gasteiger partial charge in [0.1, 0.15) is 0 Å². The minimum absolute atomic E-state index is 0.137. The first-order chi connectivity index (χ1) is 18.0. The van der Waals surface area contributed by atoms with Gasteiger partial charge in [0, 0.05) is 37.4 Å². The Morgan fingerprint density at radius 1 is 1.16 bits per heavy atom. The highest BCUT2D eigenvalue weighted by molar-refractivity contribution is 6.09. The third-order valence-corrected chi connectivity index (χ3v) is 7.41. The van der Waals surface area contributed by atoms with E-state index in [-0.39, 0.29) is 17.5 Å². The van der Waals surface area contributed by atoms with E-state index >= 15 is 4.39 Å². The second kappa shape index (κ2) is 9.08. The van der Waals surface area contributed by atoms with Crippen LogP contribution in [0.4, 0.5) is 4.39 Å². The molecule has 3 aromatic heterocycles. The van der Waals surface area contributed by atoms with Gasteiger partial charge in [0.05, 0.1) is 39.5 Å². The lowest BCUT2D eigenvalue weighted by atomic mass is 9.86. The number of carbonyl (C=O) groups is 1. The molecule has 1 atom stereocenters. The number of nitrogens with two attached hydrogens (primary N) is 1. The first-order valence-electron chi connectivity index (χ1n) is 12.4. The molecule has 1 saturated heterocycles. The normalized spacial score (nSPS) is 15.4. The summed E-state index contributed by atoms with van der Waals surface area (Å²) in [7, 11) is 1.84. The number of hydrogen-bond donors (Lipinski definition) is 1. The van der Waals surface area contributed by atoms with E-state index in [2.05, 4.69) is 22.4 Å². The summed E-state index contributed by atoms with van der Waals surface area (Å²) < 4.78 is 25.6. The number of fused-ring (bicyclic) bond motifs is 3. The number of aromatic nitrogens is 5. The molecule has 0 saturated carbocycles. The molecule has 8 nitrogen and oxygen atoms in total. The first kappa shape index (κ1) is 23.3. The minimum Gasteiger partial charge on any atom is -0.381 e. The predicted octanol–water partition coefficient (Wildman–Crippen LogP) is 4.55. The van der Waals surface area contributed by atoms with Crippen molar-refractivity contribution in [1.82, 2.24) is 24.5 Å². The number of pyridine rings is 1. The molecular formula is C28H27FN6O2. The fraction of sp³-hybridized carbons (Fsp3) is 0.286. The Kier molecular flexibility index (Phi) is 5.72. The molecule has 0 spiro atoms. The molecule has 4 heterocycles. The van der Waals surface area contributed by atoms with Gasteiger partial charge in [0.2, 0.25) is 0 Å². The number of ether oxygens (including phenoxy) is 1. The first-order valence-corrected chi connectivity index (χ1v) is 12.4. The van der Waals surface area contributed by atoms with E-state index in [0.717, 1.165) is 40.9 Å². The maximum atomic E-state index is 16.2. The minimum atomic E-state index is -0.802. The zero-order chi connectivity index (χ0) is 25.7. The molecule has 37 heavy (non-hydrogen) atoms. The number of carbonyl (C=O) groups excluding carboxylic acids is 1. The molecule has 2 N–H and O–H groups in total. The second-order valence-corrected chi connectivity index (χ2v) is 9.60. The second-order valence-electron chi connectivity index (χ2n) is 9.60. The van der Waals surface area contributed by atoms with Gasteiger partial charge in [-0.3, -0.25) is 9.78 Å². The highest BCUT2D eigenvalue weighted by Crippen LogP contribution is 2.42. The molecular weight excluding hydrogens is 471 g/mol. The van der Waals surface area contributed by atoms with Crippen molar-refractivity contribution in [3.63, 3.8) is 0 Å². The fourth-order valence-corrected chi connectivity index (χ4v) is 5.73. The van der Waals surface area contributed by atoms with Gasteiger partial charge in [-0.25, -0.2) is 9.07 Å². The molecule has 1 aliphatic rings. The lowest BCUT2D eigenvalue weighted by molar-refractivity contribution is 0.0552. The number of rotatable bonds is 5. The van der Waals surface area contributed by atoms with E-state index in [4.69, 9.17) is 15.5 Å². The fourth-order valence-electron chi connectivity index (χ4n) is 5.73. The number of aryl methyl sites for hydroxylation is 2. The Morgan fingerprint density at radius 3 is 2.59 bits per heavy atom. The standard InChI is InChI=1S/C28H27FN6O2/c1-16-25(34(2)33-32-16)19-14-22-24(31-15-19)21-9-8-20(28(30)36)23(29)27(21)35(22)26(17-6-4-3-5-7-17)18-10-12-37-13-11-18/h3-9,14-15,18,26H,10-13H2,1-2H3,(H2,30,36). The molecule has 9 heteroatoms. The Morgan fingerprint density at radius 2 is 1.92 bits per heavy atom. The van der Waals surface area contributed by atoms with Crippen LogP contribution in [-0.4, -0.2) is 43.7 Å².